The fourth-order valence-electron chi connectivity index (χ4n) is 3.83. The second-order valence-corrected chi connectivity index (χ2v) is 6.48. The molecule has 2 heterocycles. The van der Waals surface area contributed by atoms with Crippen LogP contribution in [0.4, 0.5) is 0 Å². The molecule has 0 aromatic rings. The molecule has 1 aliphatic carbocycles. The van der Waals surface area contributed by atoms with Gasteiger partial charge in [-0.1, -0.05) is 0 Å². The third-order valence-corrected chi connectivity index (χ3v) is 4.82. The molecular formula is C14H26NO2+. The summed E-state index contributed by atoms with van der Waals surface area (Å²) >= 11 is 0. The predicted octanol–water partition coefficient (Wildman–Crippen LogP) is 2.30. The Morgan fingerprint density at radius 2 is 1.76 bits per heavy atom. The van der Waals surface area contributed by atoms with E-state index in [0.29, 0.717) is 6.10 Å². The van der Waals surface area contributed by atoms with Gasteiger partial charge in [0.15, 0.2) is 5.79 Å². The molecule has 2 saturated heterocycles. The van der Waals surface area contributed by atoms with Crippen molar-refractivity contribution in [2.45, 2.75) is 56.8 Å². The monoisotopic (exact) mass is 240 g/mol. The van der Waals surface area contributed by atoms with Crippen molar-refractivity contribution in [3.05, 3.63) is 0 Å². The Kier molecular flexibility index (Phi) is 3.18. The highest BCUT2D eigenvalue weighted by atomic mass is 16.7. The number of rotatable bonds is 2. The molecule has 3 aliphatic rings. The molecule has 0 unspecified atom stereocenters. The minimum absolute atomic E-state index is 0.167. The number of hydrogen-bond acceptors (Lipinski definition) is 2. The molecule has 2 aliphatic heterocycles. The molecule has 3 heteroatoms. The van der Waals surface area contributed by atoms with Crippen LogP contribution in [0.1, 0.15) is 44.9 Å². The van der Waals surface area contributed by atoms with Crippen molar-refractivity contribution < 1.29 is 14.0 Å². The van der Waals surface area contributed by atoms with Crippen LogP contribution in [0.15, 0.2) is 0 Å². The molecule has 3 fully saturated rings. The van der Waals surface area contributed by atoms with Gasteiger partial charge >= 0.3 is 0 Å². The van der Waals surface area contributed by atoms with Crippen LogP contribution in [0.2, 0.25) is 0 Å². The zero-order valence-electron chi connectivity index (χ0n) is 11.1. The number of nitrogens with zero attached hydrogens (tertiary/aromatic N) is 1. The van der Waals surface area contributed by atoms with Crippen molar-refractivity contribution in [3.63, 3.8) is 0 Å². The molecule has 98 valence electrons. The van der Waals surface area contributed by atoms with Crippen LogP contribution in [-0.4, -0.2) is 49.7 Å². The highest BCUT2D eigenvalue weighted by Crippen LogP contribution is 2.39. The van der Waals surface area contributed by atoms with E-state index in [1.165, 1.54) is 49.7 Å². The van der Waals surface area contributed by atoms with Crippen LogP contribution in [0, 0.1) is 0 Å². The molecule has 1 spiro atoms. The fourth-order valence-corrected chi connectivity index (χ4v) is 3.83. The molecule has 3 rings (SSSR count). The van der Waals surface area contributed by atoms with Gasteiger partial charge in [-0.2, -0.15) is 0 Å². The summed E-state index contributed by atoms with van der Waals surface area (Å²) in [4.78, 5) is 0. The van der Waals surface area contributed by atoms with E-state index in [2.05, 4.69) is 7.05 Å². The van der Waals surface area contributed by atoms with Gasteiger partial charge in [0.05, 0.1) is 26.7 Å². The Labute approximate surface area is 105 Å². The maximum Gasteiger partial charge on any atom is 0.169 e. The fraction of sp³-hybridized carbons (Fsp3) is 1.00. The standard InChI is InChI=1S/C14H26NO2/c1-15(9-5-2-6-10-15)11-13-12-16-14(17-13)7-3-4-8-14/h13H,2-12H2,1H3/q+1/t13-/m0/s1. The molecular weight excluding hydrogens is 214 g/mol. The smallest absolute Gasteiger partial charge is 0.169 e. The van der Waals surface area contributed by atoms with Gasteiger partial charge < -0.3 is 14.0 Å². The Balaban J connectivity index is 1.56. The van der Waals surface area contributed by atoms with Crippen molar-refractivity contribution in [2.24, 2.45) is 0 Å². The molecule has 0 bridgehead atoms. The van der Waals surface area contributed by atoms with Crippen LogP contribution in [0.3, 0.4) is 0 Å². The van der Waals surface area contributed by atoms with E-state index in [1.807, 2.05) is 0 Å². The van der Waals surface area contributed by atoms with Crippen LogP contribution in [-0.2, 0) is 9.47 Å². The van der Waals surface area contributed by atoms with Crippen molar-refractivity contribution >= 4 is 0 Å². The molecule has 0 amide bonds. The van der Waals surface area contributed by atoms with E-state index in [9.17, 15) is 0 Å². The first-order valence-electron chi connectivity index (χ1n) is 7.35. The number of hydrogen-bond donors (Lipinski definition) is 0. The van der Waals surface area contributed by atoms with Gasteiger partial charge in [-0.3, -0.25) is 0 Å². The summed E-state index contributed by atoms with van der Waals surface area (Å²) < 4.78 is 13.4. The van der Waals surface area contributed by atoms with Crippen molar-refractivity contribution in [1.82, 2.24) is 0 Å². The lowest BCUT2D eigenvalue weighted by Crippen LogP contribution is -2.52. The zero-order chi connectivity index (χ0) is 11.8. The molecule has 0 N–H and O–H groups in total. The summed E-state index contributed by atoms with van der Waals surface area (Å²) in [6, 6.07) is 0. The minimum atomic E-state index is -0.167. The van der Waals surface area contributed by atoms with E-state index >= 15 is 0 Å². The zero-order valence-corrected chi connectivity index (χ0v) is 11.1. The van der Waals surface area contributed by atoms with Crippen LogP contribution in [0.5, 0.6) is 0 Å². The molecule has 0 aromatic carbocycles. The van der Waals surface area contributed by atoms with E-state index in [4.69, 9.17) is 9.47 Å². The Hall–Kier alpha value is -0.120. The van der Waals surface area contributed by atoms with Gasteiger partial charge in [-0.15, -0.1) is 0 Å². The third-order valence-electron chi connectivity index (χ3n) is 4.82. The Morgan fingerprint density at radius 1 is 1.06 bits per heavy atom. The molecule has 0 aromatic heterocycles. The molecule has 1 atom stereocenters. The predicted molar refractivity (Wildman–Crippen MR) is 66.7 cm³/mol. The number of quaternary nitrogens is 1. The lowest BCUT2D eigenvalue weighted by atomic mass is 10.1. The summed E-state index contributed by atoms with van der Waals surface area (Å²) in [5.74, 6) is -0.167. The minimum Gasteiger partial charge on any atom is -0.347 e. The average molecular weight is 240 g/mol. The van der Waals surface area contributed by atoms with E-state index in [1.54, 1.807) is 0 Å². The summed E-state index contributed by atoms with van der Waals surface area (Å²) in [5.41, 5.74) is 0. The largest absolute Gasteiger partial charge is 0.347 e. The number of ether oxygens (including phenoxy) is 2. The SMILES string of the molecule is C[N+]1(C[C@H]2COC3(CCCC3)O2)CCCCC1. The van der Waals surface area contributed by atoms with Gasteiger partial charge in [-0.05, 0) is 32.1 Å². The van der Waals surface area contributed by atoms with Gasteiger partial charge in [0, 0.05) is 12.8 Å². The maximum atomic E-state index is 6.24. The Morgan fingerprint density at radius 3 is 2.47 bits per heavy atom. The van der Waals surface area contributed by atoms with Crippen LogP contribution < -0.4 is 0 Å². The summed E-state index contributed by atoms with van der Waals surface area (Å²) in [6.45, 7) is 4.63. The first-order chi connectivity index (χ1) is 8.20. The maximum absolute atomic E-state index is 6.24. The van der Waals surface area contributed by atoms with Crippen molar-refractivity contribution in [3.8, 4) is 0 Å². The van der Waals surface area contributed by atoms with Gasteiger partial charge in [0.25, 0.3) is 0 Å². The van der Waals surface area contributed by atoms with Gasteiger partial charge in [-0.25, -0.2) is 0 Å². The normalized spacial score (nSPS) is 35.5. The topological polar surface area (TPSA) is 18.5 Å². The van der Waals surface area contributed by atoms with Crippen molar-refractivity contribution in [2.75, 3.05) is 33.3 Å². The highest BCUT2D eigenvalue weighted by molar-refractivity contribution is 4.84. The van der Waals surface area contributed by atoms with E-state index < -0.39 is 0 Å². The average Bonchev–Trinajstić information content (AvgIpc) is 2.91. The van der Waals surface area contributed by atoms with Crippen molar-refractivity contribution in [1.29, 1.82) is 0 Å². The summed E-state index contributed by atoms with van der Waals surface area (Å²) in [7, 11) is 2.39. The first-order valence-corrected chi connectivity index (χ1v) is 7.35. The van der Waals surface area contributed by atoms with E-state index in [-0.39, 0.29) is 5.79 Å². The number of piperidine rings is 1. The molecule has 0 radical (unpaired) electrons. The quantitative estimate of drug-likeness (QED) is 0.690. The number of likely N-dealkylation sites (tertiary alicyclic amines) is 1. The molecule has 3 nitrogen and oxygen atoms in total. The molecule has 17 heavy (non-hydrogen) atoms. The van der Waals surface area contributed by atoms with Crippen LogP contribution in [0.25, 0.3) is 0 Å². The van der Waals surface area contributed by atoms with Gasteiger partial charge in [0.2, 0.25) is 0 Å². The lowest BCUT2D eigenvalue weighted by Gasteiger charge is -2.39. The number of likely N-dealkylation sites (N-methyl/N-ethyl adjacent to an activating group) is 1. The summed E-state index contributed by atoms with van der Waals surface area (Å²) in [6.07, 6.45) is 9.32. The highest BCUT2D eigenvalue weighted by Gasteiger charge is 2.45. The first kappa shape index (κ1) is 11.9. The summed E-state index contributed by atoms with van der Waals surface area (Å²) in [5, 5.41) is 0. The second-order valence-electron chi connectivity index (χ2n) is 6.48. The van der Waals surface area contributed by atoms with E-state index in [0.717, 1.165) is 26.0 Å². The second kappa shape index (κ2) is 4.52. The third kappa shape index (κ3) is 2.51. The van der Waals surface area contributed by atoms with Gasteiger partial charge in [0.1, 0.15) is 12.6 Å². The Bertz CT molecular complexity index is 267. The molecule has 1 saturated carbocycles. The lowest BCUT2D eigenvalue weighted by molar-refractivity contribution is -0.916. The van der Waals surface area contributed by atoms with Crippen LogP contribution >= 0.6 is 0 Å².